The monoisotopic (exact) mass is 321 g/mol. The number of hydrogen-bond donors (Lipinski definition) is 1. The van der Waals surface area contributed by atoms with E-state index in [0.717, 1.165) is 0 Å². The molecule has 0 saturated carbocycles. The fraction of sp³-hybridized carbons (Fsp3) is 0.0909. The Morgan fingerprint density at radius 3 is 3.05 bits per heavy atom. The van der Waals surface area contributed by atoms with Crippen LogP contribution in [0.3, 0.4) is 0 Å². The Morgan fingerprint density at radius 1 is 1.53 bits per heavy atom. The van der Waals surface area contributed by atoms with Gasteiger partial charge in [-0.2, -0.15) is 5.10 Å². The van der Waals surface area contributed by atoms with Gasteiger partial charge < -0.3 is 10.5 Å². The maximum atomic E-state index is 11.9. The molecule has 0 unspecified atom stereocenters. The molecule has 0 aliphatic rings. The topological polar surface area (TPSA) is 86.2 Å². The number of amides is 1. The molecule has 0 aliphatic heterocycles. The van der Waals surface area contributed by atoms with Crippen molar-refractivity contribution in [2.45, 2.75) is 6.92 Å². The van der Waals surface area contributed by atoms with Crippen molar-refractivity contribution >= 4 is 44.2 Å². The second-order valence-electron chi connectivity index (χ2n) is 3.99. The lowest BCUT2D eigenvalue weighted by Gasteiger charge is -2.05. The van der Waals surface area contributed by atoms with Gasteiger partial charge in [0.2, 0.25) is 11.6 Å². The average Bonchev–Trinajstić information content (AvgIpc) is 2.71. The molecular weight excluding hydrogens is 314 g/mol. The van der Waals surface area contributed by atoms with Crippen molar-refractivity contribution in [3.8, 4) is 0 Å². The van der Waals surface area contributed by atoms with Gasteiger partial charge in [0.15, 0.2) is 0 Å². The van der Waals surface area contributed by atoms with E-state index >= 15 is 0 Å². The Kier molecular flexibility index (Phi) is 2.59. The number of carbonyl (C=O) groups excluding carboxylic acids is 1. The standard InChI is InChI=1S/C11H8BrN5O2/c1-6(18)14-7-2-3-9-10(4-7)17(19)15-11-8(12)5-13-16(9)11/h2-5H,1H3,(H,14,18). The van der Waals surface area contributed by atoms with Gasteiger partial charge in [0, 0.05) is 23.8 Å². The summed E-state index contributed by atoms with van der Waals surface area (Å²) >= 11 is 3.28. The van der Waals surface area contributed by atoms with Crippen LogP contribution in [-0.4, -0.2) is 20.6 Å². The van der Waals surface area contributed by atoms with Crippen molar-refractivity contribution in [3.05, 3.63) is 34.1 Å². The molecule has 0 saturated heterocycles. The number of fused-ring (bicyclic) bond motifs is 3. The van der Waals surface area contributed by atoms with Crippen LogP contribution in [0.5, 0.6) is 0 Å². The number of nitrogens with zero attached hydrogens (tertiary/aromatic N) is 4. The lowest BCUT2D eigenvalue weighted by Crippen LogP contribution is -2.33. The van der Waals surface area contributed by atoms with Crippen molar-refractivity contribution in [1.29, 1.82) is 0 Å². The summed E-state index contributed by atoms with van der Waals surface area (Å²) in [5.41, 5.74) is 1.92. The molecule has 1 aromatic carbocycles. The summed E-state index contributed by atoms with van der Waals surface area (Å²) in [6.45, 7) is 1.40. The lowest BCUT2D eigenvalue weighted by atomic mass is 10.2. The Bertz CT molecular complexity index is 814. The van der Waals surface area contributed by atoms with Gasteiger partial charge in [-0.15, -0.1) is 0 Å². The van der Waals surface area contributed by atoms with E-state index in [4.69, 9.17) is 0 Å². The highest BCUT2D eigenvalue weighted by atomic mass is 79.9. The van der Waals surface area contributed by atoms with Crippen molar-refractivity contribution in [2.24, 2.45) is 0 Å². The highest BCUT2D eigenvalue weighted by Crippen LogP contribution is 2.20. The molecule has 19 heavy (non-hydrogen) atoms. The predicted octanol–water partition coefficient (Wildman–Crippen LogP) is 1.24. The van der Waals surface area contributed by atoms with Crippen molar-refractivity contribution in [3.63, 3.8) is 0 Å². The highest BCUT2D eigenvalue weighted by Gasteiger charge is 2.15. The Labute approximate surface area is 115 Å². The number of aromatic nitrogens is 4. The van der Waals surface area contributed by atoms with E-state index < -0.39 is 0 Å². The molecule has 3 rings (SSSR count). The molecular formula is C11H8BrN5O2. The van der Waals surface area contributed by atoms with Gasteiger partial charge in [0.05, 0.1) is 10.7 Å². The maximum Gasteiger partial charge on any atom is 0.272 e. The van der Waals surface area contributed by atoms with E-state index in [9.17, 15) is 10.0 Å². The van der Waals surface area contributed by atoms with E-state index in [0.29, 0.717) is 31.7 Å². The smallest absolute Gasteiger partial charge is 0.272 e. The fourth-order valence-electron chi connectivity index (χ4n) is 1.87. The first kappa shape index (κ1) is 11.8. The van der Waals surface area contributed by atoms with Crippen LogP contribution in [0.2, 0.25) is 0 Å². The third kappa shape index (κ3) is 1.89. The van der Waals surface area contributed by atoms with Crippen LogP contribution in [-0.2, 0) is 4.79 Å². The summed E-state index contributed by atoms with van der Waals surface area (Å²) < 4.78 is 2.20. The largest absolute Gasteiger partial charge is 0.594 e. The minimum Gasteiger partial charge on any atom is -0.594 e. The average molecular weight is 322 g/mol. The van der Waals surface area contributed by atoms with Gasteiger partial charge in [0.1, 0.15) is 5.52 Å². The minimum atomic E-state index is -0.201. The quantitative estimate of drug-likeness (QED) is 0.539. The zero-order chi connectivity index (χ0) is 13.6. The molecule has 0 fully saturated rings. The number of rotatable bonds is 1. The van der Waals surface area contributed by atoms with Gasteiger partial charge >= 0.3 is 0 Å². The second-order valence-corrected chi connectivity index (χ2v) is 4.84. The third-order valence-corrected chi connectivity index (χ3v) is 3.18. The molecule has 0 bridgehead atoms. The van der Waals surface area contributed by atoms with Crippen molar-refractivity contribution < 1.29 is 9.64 Å². The van der Waals surface area contributed by atoms with Crippen LogP contribution >= 0.6 is 15.9 Å². The van der Waals surface area contributed by atoms with Crippen LogP contribution in [0.1, 0.15) is 6.92 Å². The van der Waals surface area contributed by atoms with E-state index in [2.05, 4.69) is 31.4 Å². The van der Waals surface area contributed by atoms with Crippen LogP contribution in [0.4, 0.5) is 5.69 Å². The molecule has 0 spiro atoms. The molecule has 2 heterocycles. The summed E-state index contributed by atoms with van der Waals surface area (Å²) in [7, 11) is 0. The van der Waals surface area contributed by atoms with E-state index in [1.54, 1.807) is 28.9 Å². The first-order valence-electron chi connectivity index (χ1n) is 5.41. The third-order valence-electron chi connectivity index (χ3n) is 2.62. The van der Waals surface area contributed by atoms with Crippen molar-refractivity contribution in [1.82, 2.24) is 14.7 Å². The second kappa shape index (κ2) is 4.16. The van der Waals surface area contributed by atoms with Gasteiger partial charge in [-0.1, -0.05) is 0 Å². The van der Waals surface area contributed by atoms with E-state index in [1.807, 2.05) is 0 Å². The molecule has 1 amide bonds. The molecule has 1 N–H and O–H groups in total. The molecule has 3 aromatic rings. The van der Waals surface area contributed by atoms with Crippen LogP contribution in [0.15, 0.2) is 28.9 Å². The van der Waals surface area contributed by atoms with Crippen molar-refractivity contribution in [2.75, 3.05) is 5.32 Å². The number of carbonyl (C=O) groups is 1. The number of hydrogen-bond acceptors (Lipinski definition) is 4. The number of anilines is 1. The van der Waals surface area contributed by atoms with Gasteiger partial charge in [-0.3, -0.25) is 4.79 Å². The van der Waals surface area contributed by atoms with Gasteiger partial charge in [-0.05, 0) is 32.9 Å². The summed E-state index contributed by atoms with van der Waals surface area (Å²) in [6.07, 6.45) is 1.57. The summed E-state index contributed by atoms with van der Waals surface area (Å²) in [6, 6.07) is 4.98. The molecule has 96 valence electrons. The Balaban J connectivity index is 2.32. The Morgan fingerprint density at radius 2 is 2.32 bits per heavy atom. The number of halogens is 1. The Hall–Kier alpha value is -2.22. The highest BCUT2D eigenvalue weighted by molar-refractivity contribution is 9.10. The molecule has 8 heteroatoms. The number of benzene rings is 1. The number of nitrogens with one attached hydrogen (secondary N) is 1. The van der Waals surface area contributed by atoms with Crippen LogP contribution in [0.25, 0.3) is 16.7 Å². The molecule has 0 aliphatic carbocycles. The predicted molar refractivity (Wildman–Crippen MR) is 71.5 cm³/mol. The van der Waals surface area contributed by atoms with Crippen LogP contribution in [0, 0.1) is 5.21 Å². The van der Waals surface area contributed by atoms with E-state index in [-0.39, 0.29) is 5.91 Å². The fourth-order valence-corrected chi connectivity index (χ4v) is 2.20. The maximum absolute atomic E-state index is 11.9. The van der Waals surface area contributed by atoms with E-state index in [1.165, 1.54) is 6.92 Å². The molecule has 7 nitrogen and oxygen atoms in total. The summed E-state index contributed by atoms with van der Waals surface area (Å²) in [5.74, 6) is -0.201. The zero-order valence-electron chi connectivity index (χ0n) is 9.79. The first-order valence-corrected chi connectivity index (χ1v) is 6.20. The molecule has 2 aromatic heterocycles. The minimum absolute atomic E-state index is 0.201. The lowest BCUT2D eigenvalue weighted by molar-refractivity contribution is -0.640. The van der Waals surface area contributed by atoms with Crippen LogP contribution < -0.4 is 10.2 Å². The zero-order valence-corrected chi connectivity index (χ0v) is 11.4. The summed E-state index contributed by atoms with van der Waals surface area (Å²) in [4.78, 5) is 11.5. The molecule has 0 atom stereocenters. The first-order chi connectivity index (χ1) is 9.06. The van der Waals surface area contributed by atoms with Gasteiger partial charge in [-0.25, -0.2) is 4.52 Å². The van der Waals surface area contributed by atoms with Gasteiger partial charge in [0.25, 0.3) is 5.52 Å². The SMILES string of the molecule is CC(=O)Nc1ccc2c(c1)[n+]([O-])nc1c(Br)cnn12. The normalized spacial score (nSPS) is 11.1. The summed E-state index contributed by atoms with van der Waals surface area (Å²) in [5, 5.41) is 22.6. The molecule has 0 radical (unpaired) electrons.